The number of hydrogen-bond donors (Lipinski definition) is 0. The second kappa shape index (κ2) is 4.49. The van der Waals surface area contributed by atoms with Crippen molar-refractivity contribution in [1.29, 1.82) is 0 Å². The van der Waals surface area contributed by atoms with E-state index >= 15 is 0 Å². The molecule has 0 saturated carbocycles. The van der Waals surface area contributed by atoms with Gasteiger partial charge in [-0.25, -0.2) is 0 Å². The van der Waals surface area contributed by atoms with Gasteiger partial charge < -0.3 is 9.47 Å². The maximum atomic E-state index is 5.82. The third-order valence-electron chi connectivity index (χ3n) is 3.34. The lowest BCUT2D eigenvalue weighted by Gasteiger charge is -2.35. The molecule has 0 amide bonds. The highest BCUT2D eigenvalue weighted by molar-refractivity contribution is 6.16. The minimum atomic E-state index is 0.445. The molecule has 2 rings (SSSR count). The zero-order chi connectivity index (χ0) is 10.8. The molecule has 5 heteroatoms. The van der Waals surface area contributed by atoms with Crippen molar-refractivity contribution in [3.8, 4) is 0 Å². The summed E-state index contributed by atoms with van der Waals surface area (Å²) < 4.78 is 2.14. The summed E-state index contributed by atoms with van der Waals surface area (Å²) in [4.78, 5) is 2.39. The van der Waals surface area contributed by atoms with Gasteiger partial charge in [0.05, 0.1) is 5.88 Å². The molecule has 2 atom stereocenters. The monoisotopic (exact) mass is 228 g/mol. The third-order valence-corrected chi connectivity index (χ3v) is 3.58. The van der Waals surface area contributed by atoms with Crippen molar-refractivity contribution >= 4 is 11.6 Å². The highest BCUT2D eigenvalue weighted by atomic mass is 35.5. The maximum absolute atomic E-state index is 5.82. The maximum Gasteiger partial charge on any atom is 0.148 e. The first-order valence-corrected chi connectivity index (χ1v) is 5.90. The molecule has 1 aromatic heterocycles. The molecule has 1 aliphatic rings. The van der Waals surface area contributed by atoms with Crippen molar-refractivity contribution in [2.45, 2.75) is 37.7 Å². The Bertz CT molecular complexity index is 325. The molecular weight excluding hydrogens is 212 g/mol. The number of piperidine rings is 1. The Balaban J connectivity index is 2.11. The van der Waals surface area contributed by atoms with Gasteiger partial charge in [-0.1, -0.05) is 0 Å². The van der Waals surface area contributed by atoms with Crippen LogP contribution in [0.25, 0.3) is 0 Å². The fourth-order valence-electron chi connectivity index (χ4n) is 2.18. The van der Waals surface area contributed by atoms with E-state index in [0.29, 0.717) is 18.0 Å². The molecule has 4 nitrogen and oxygen atoms in total. The Kier molecular flexibility index (Phi) is 3.26. The fourth-order valence-corrected chi connectivity index (χ4v) is 2.38. The van der Waals surface area contributed by atoms with E-state index in [0.717, 1.165) is 25.2 Å². The predicted molar refractivity (Wildman–Crippen MR) is 59.9 cm³/mol. The number of likely N-dealkylation sites (tertiary alicyclic amines) is 1. The Morgan fingerprint density at radius 2 is 2.40 bits per heavy atom. The van der Waals surface area contributed by atoms with Gasteiger partial charge in [0.15, 0.2) is 0 Å². The SMILES string of the molecule is CC1CC(n2cnnc2CCl)CCN1C. The van der Waals surface area contributed by atoms with Crippen LogP contribution in [0.4, 0.5) is 0 Å². The van der Waals surface area contributed by atoms with Crippen LogP contribution < -0.4 is 0 Å². The molecule has 0 aliphatic carbocycles. The first-order chi connectivity index (χ1) is 7.22. The van der Waals surface area contributed by atoms with Crippen LogP contribution in [0.1, 0.15) is 31.6 Å². The first-order valence-electron chi connectivity index (χ1n) is 5.37. The molecule has 1 saturated heterocycles. The van der Waals surface area contributed by atoms with Crippen LogP contribution in [0.15, 0.2) is 6.33 Å². The summed E-state index contributed by atoms with van der Waals surface area (Å²) in [6.07, 6.45) is 4.11. The average molecular weight is 229 g/mol. The molecule has 84 valence electrons. The smallest absolute Gasteiger partial charge is 0.148 e. The van der Waals surface area contributed by atoms with Crippen LogP contribution in [0.2, 0.25) is 0 Å². The Labute approximate surface area is 95.2 Å². The summed E-state index contributed by atoms with van der Waals surface area (Å²) in [7, 11) is 2.18. The van der Waals surface area contributed by atoms with Gasteiger partial charge in [0.2, 0.25) is 0 Å². The van der Waals surface area contributed by atoms with Crippen LogP contribution >= 0.6 is 11.6 Å². The molecule has 15 heavy (non-hydrogen) atoms. The van der Waals surface area contributed by atoms with Gasteiger partial charge in [0, 0.05) is 18.6 Å². The predicted octanol–water partition coefficient (Wildman–Crippen LogP) is 1.67. The first kappa shape index (κ1) is 10.9. The van der Waals surface area contributed by atoms with Gasteiger partial charge >= 0.3 is 0 Å². The summed E-state index contributed by atoms with van der Waals surface area (Å²) in [6, 6.07) is 1.13. The number of aromatic nitrogens is 3. The normalized spacial score (nSPS) is 28.2. The van der Waals surface area contributed by atoms with E-state index in [-0.39, 0.29) is 0 Å². The largest absolute Gasteiger partial charge is 0.313 e. The van der Waals surface area contributed by atoms with Crippen molar-refractivity contribution < 1.29 is 0 Å². The molecular formula is C10H17ClN4. The summed E-state index contributed by atoms with van der Waals surface area (Å²) in [5.41, 5.74) is 0. The van der Waals surface area contributed by atoms with Gasteiger partial charge in [-0.15, -0.1) is 21.8 Å². The summed E-state index contributed by atoms with van der Waals surface area (Å²) in [6.45, 7) is 3.39. The van der Waals surface area contributed by atoms with E-state index in [1.807, 2.05) is 0 Å². The Hall–Kier alpha value is -0.610. The lowest BCUT2D eigenvalue weighted by atomic mass is 9.99. The van der Waals surface area contributed by atoms with Crippen LogP contribution in [0, 0.1) is 0 Å². The van der Waals surface area contributed by atoms with Crippen molar-refractivity contribution in [3.63, 3.8) is 0 Å². The minimum absolute atomic E-state index is 0.445. The van der Waals surface area contributed by atoms with Crippen molar-refractivity contribution in [2.75, 3.05) is 13.6 Å². The van der Waals surface area contributed by atoms with Crippen LogP contribution in [0.3, 0.4) is 0 Å². The van der Waals surface area contributed by atoms with Gasteiger partial charge in [0.1, 0.15) is 12.2 Å². The molecule has 0 aromatic carbocycles. The van der Waals surface area contributed by atoms with Gasteiger partial charge in [-0.2, -0.15) is 0 Å². The van der Waals surface area contributed by atoms with Crippen molar-refractivity contribution in [2.24, 2.45) is 0 Å². The lowest BCUT2D eigenvalue weighted by molar-refractivity contribution is 0.155. The Morgan fingerprint density at radius 1 is 1.60 bits per heavy atom. The van der Waals surface area contributed by atoms with Crippen LogP contribution in [-0.4, -0.2) is 39.3 Å². The highest BCUT2D eigenvalue weighted by Gasteiger charge is 2.25. The summed E-state index contributed by atoms with van der Waals surface area (Å²) in [5.74, 6) is 1.33. The van der Waals surface area contributed by atoms with E-state index in [1.165, 1.54) is 0 Å². The summed E-state index contributed by atoms with van der Waals surface area (Å²) >= 11 is 5.82. The molecule has 0 N–H and O–H groups in total. The molecule has 1 aliphatic heterocycles. The quantitative estimate of drug-likeness (QED) is 0.723. The second-order valence-corrected chi connectivity index (χ2v) is 4.56. The van der Waals surface area contributed by atoms with Gasteiger partial charge in [-0.05, 0) is 26.8 Å². The van der Waals surface area contributed by atoms with E-state index in [2.05, 4.69) is 33.6 Å². The molecule has 1 aromatic rings. The molecule has 0 spiro atoms. The van der Waals surface area contributed by atoms with E-state index in [4.69, 9.17) is 11.6 Å². The third kappa shape index (κ3) is 2.16. The van der Waals surface area contributed by atoms with Crippen LogP contribution in [-0.2, 0) is 5.88 Å². The molecule has 0 radical (unpaired) electrons. The standard InChI is InChI=1S/C10H17ClN4/c1-8-5-9(3-4-14(8)2)15-7-12-13-10(15)6-11/h7-9H,3-6H2,1-2H3. The highest BCUT2D eigenvalue weighted by Crippen LogP contribution is 2.26. The second-order valence-electron chi connectivity index (χ2n) is 4.30. The van der Waals surface area contributed by atoms with E-state index < -0.39 is 0 Å². The van der Waals surface area contributed by atoms with Crippen LogP contribution in [0.5, 0.6) is 0 Å². The average Bonchev–Trinajstić information content (AvgIpc) is 2.70. The van der Waals surface area contributed by atoms with Gasteiger partial charge in [0.25, 0.3) is 0 Å². The molecule has 2 unspecified atom stereocenters. The van der Waals surface area contributed by atoms with Crippen molar-refractivity contribution in [1.82, 2.24) is 19.7 Å². The van der Waals surface area contributed by atoms with Crippen molar-refractivity contribution in [3.05, 3.63) is 12.2 Å². The number of nitrogens with zero attached hydrogens (tertiary/aromatic N) is 4. The van der Waals surface area contributed by atoms with E-state index in [9.17, 15) is 0 Å². The number of halogens is 1. The van der Waals surface area contributed by atoms with E-state index in [1.54, 1.807) is 6.33 Å². The Morgan fingerprint density at radius 3 is 3.07 bits per heavy atom. The minimum Gasteiger partial charge on any atom is -0.313 e. The fraction of sp³-hybridized carbons (Fsp3) is 0.800. The lowest BCUT2D eigenvalue weighted by Crippen LogP contribution is -2.38. The number of hydrogen-bond acceptors (Lipinski definition) is 3. The number of rotatable bonds is 2. The topological polar surface area (TPSA) is 34.0 Å². The molecule has 0 bridgehead atoms. The molecule has 2 heterocycles. The van der Waals surface area contributed by atoms with Gasteiger partial charge in [-0.3, -0.25) is 0 Å². The summed E-state index contributed by atoms with van der Waals surface area (Å²) in [5, 5.41) is 7.95. The zero-order valence-corrected chi connectivity index (χ0v) is 9.98. The molecule has 1 fully saturated rings. The zero-order valence-electron chi connectivity index (χ0n) is 9.23. The number of alkyl halides is 1.